The number of hydrazine groups is 1. The first-order valence-corrected chi connectivity index (χ1v) is 7.01. The van der Waals surface area contributed by atoms with Gasteiger partial charge in [-0.1, -0.05) is 31.2 Å². The molecule has 0 aromatic heterocycles. The van der Waals surface area contributed by atoms with Crippen molar-refractivity contribution < 1.29 is 4.79 Å². The number of allylic oxidation sites excluding steroid dienone is 1. The van der Waals surface area contributed by atoms with Crippen LogP contribution in [-0.4, -0.2) is 17.5 Å². The number of nitrogens with two attached hydrogens (primary N) is 1. The van der Waals surface area contributed by atoms with Crippen LogP contribution in [0.25, 0.3) is 5.57 Å². The predicted molar refractivity (Wildman–Crippen MR) is 83.1 cm³/mol. The van der Waals surface area contributed by atoms with E-state index in [1.807, 2.05) is 19.1 Å². The summed E-state index contributed by atoms with van der Waals surface area (Å²) in [6.07, 6.45) is 2.91. The molecule has 4 nitrogen and oxygen atoms in total. The Morgan fingerprint density at radius 1 is 1.40 bits per heavy atom. The van der Waals surface area contributed by atoms with Crippen LogP contribution in [0.5, 0.6) is 0 Å². The number of hydrogen-bond acceptors (Lipinski definition) is 3. The smallest absolute Gasteiger partial charge is 0.256 e. The molecule has 0 radical (unpaired) electrons. The van der Waals surface area contributed by atoms with Gasteiger partial charge in [0.25, 0.3) is 5.91 Å². The fourth-order valence-electron chi connectivity index (χ4n) is 3.16. The molecule has 0 aliphatic carbocycles. The molecule has 2 rings (SSSR count). The number of benzene rings is 1. The van der Waals surface area contributed by atoms with Gasteiger partial charge in [-0.2, -0.15) is 0 Å². The molecule has 0 saturated carbocycles. The first-order chi connectivity index (χ1) is 9.42. The van der Waals surface area contributed by atoms with E-state index in [0.29, 0.717) is 6.42 Å². The van der Waals surface area contributed by atoms with E-state index in [1.54, 1.807) is 0 Å². The van der Waals surface area contributed by atoms with E-state index in [0.717, 1.165) is 5.69 Å². The zero-order chi connectivity index (χ0) is 14.9. The number of rotatable bonds is 3. The molecule has 0 fully saturated rings. The maximum absolute atomic E-state index is 12.1. The largest absolute Gasteiger partial charge is 0.350 e. The van der Waals surface area contributed by atoms with Crippen LogP contribution in [0.2, 0.25) is 0 Å². The fourth-order valence-corrected chi connectivity index (χ4v) is 3.16. The van der Waals surface area contributed by atoms with Gasteiger partial charge in [0.1, 0.15) is 6.04 Å². The lowest BCUT2D eigenvalue weighted by molar-refractivity contribution is -0.122. The zero-order valence-electron chi connectivity index (χ0n) is 12.6. The molecular formula is C16H23N3O. The number of carbonyl (C=O) groups excluding carboxylic acids is 1. The lowest BCUT2D eigenvalue weighted by Gasteiger charge is -2.46. The van der Waals surface area contributed by atoms with Gasteiger partial charge < -0.3 is 4.90 Å². The molecular weight excluding hydrogens is 250 g/mol. The Labute approximate surface area is 120 Å². The number of carbonyl (C=O) groups is 1. The monoisotopic (exact) mass is 273 g/mol. The number of hydrogen-bond donors (Lipinski definition) is 2. The Kier molecular flexibility index (Phi) is 3.86. The Morgan fingerprint density at radius 2 is 2.05 bits per heavy atom. The van der Waals surface area contributed by atoms with Crippen LogP contribution in [0.15, 0.2) is 30.3 Å². The van der Waals surface area contributed by atoms with Gasteiger partial charge in [0.15, 0.2) is 0 Å². The Morgan fingerprint density at radius 3 is 2.65 bits per heavy atom. The molecule has 0 spiro atoms. The number of anilines is 1. The fraction of sp³-hybridized carbons (Fsp3) is 0.438. The van der Waals surface area contributed by atoms with Gasteiger partial charge in [0.2, 0.25) is 0 Å². The molecule has 1 aliphatic heterocycles. The van der Waals surface area contributed by atoms with Gasteiger partial charge in [0, 0.05) is 11.3 Å². The first kappa shape index (κ1) is 14.6. The Bertz CT molecular complexity index is 548. The highest BCUT2D eigenvalue weighted by Crippen LogP contribution is 2.40. The number of para-hydroxylation sites is 1. The van der Waals surface area contributed by atoms with E-state index in [9.17, 15) is 4.79 Å². The van der Waals surface area contributed by atoms with E-state index in [4.69, 9.17) is 5.84 Å². The molecule has 1 heterocycles. The molecule has 0 saturated heterocycles. The second-order valence-electron chi connectivity index (χ2n) is 5.80. The molecule has 3 N–H and O–H groups in total. The molecule has 20 heavy (non-hydrogen) atoms. The lowest BCUT2D eigenvalue weighted by atomic mass is 9.86. The van der Waals surface area contributed by atoms with E-state index in [-0.39, 0.29) is 17.5 Å². The van der Waals surface area contributed by atoms with Crippen molar-refractivity contribution in [2.75, 3.05) is 4.90 Å². The van der Waals surface area contributed by atoms with Crippen molar-refractivity contribution in [2.24, 2.45) is 5.84 Å². The summed E-state index contributed by atoms with van der Waals surface area (Å²) in [5.41, 5.74) is 5.57. The molecule has 0 bridgehead atoms. The van der Waals surface area contributed by atoms with Gasteiger partial charge in [-0.3, -0.25) is 10.2 Å². The van der Waals surface area contributed by atoms with Crippen LogP contribution in [0, 0.1) is 0 Å². The third-order valence-electron chi connectivity index (χ3n) is 3.92. The normalized spacial score (nSPS) is 18.1. The molecule has 108 valence electrons. The second-order valence-corrected chi connectivity index (χ2v) is 5.80. The molecule has 1 amide bonds. The predicted octanol–water partition coefficient (Wildman–Crippen LogP) is 2.46. The summed E-state index contributed by atoms with van der Waals surface area (Å²) in [7, 11) is 0. The van der Waals surface area contributed by atoms with Crippen LogP contribution in [0.1, 0.15) is 39.7 Å². The summed E-state index contributed by atoms with van der Waals surface area (Å²) >= 11 is 0. The summed E-state index contributed by atoms with van der Waals surface area (Å²) in [5.74, 6) is 5.20. The molecule has 4 heteroatoms. The minimum absolute atomic E-state index is 0.150. The van der Waals surface area contributed by atoms with E-state index >= 15 is 0 Å². The topological polar surface area (TPSA) is 58.4 Å². The number of fused-ring (bicyclic) bond motifs is 1. The van der Waals surface area contributed by atoms with Crippen molar-refractivity contribution in [1.82, 2.24) is 5.43 Å². The van der Waals surface area contributed by atoms with Gasteiger partial charge in [-0.15, -0.1) is 0 Å². The highest BCUT2D eigenvalue weighted by Gasteiger charge is 2.38. The summed E-state index contributed by atoms with van der Waals surface area (Å²) < 4.78 is 0. The standard InChI is InChI=1S/C16H23N3O/c1-5-13(15(20)18-17)19-14-9-7-6-8-12(14)11(2)10-16(19,3)4/h6-10,13H,5,17H2,1-4H3,(H,18,20)/t13-/m1/s1. The first-order valence-electron chi connectivity index (χ1n) is 7.01. The van der Waals surface area contributed by atoms with E-state index in [2.05, 4.69) is 49.3 Å². The number of nitrogens with zero attached hydrogens (tertiary/aromatic N) is 1. The number of nitrogens with one attached hydrogen (secondary N) is 1. The van der Waals surface area contributed by atoms with Crippen molar-refractivity contribution in [3.63, 3.8) is 0 Å². The molecule has 1 aromatic carbocycles. The third-order valence-corrected chi connectivity index (χ3v) is 3.92. The van der Waals surface area contributed by atoms with E-state index < -0.39 is 0 Å². The quantitative estimate of drug-likeness (QED) is 0.505. The van der Waals surface area contributed by atoms with Crippen molar-refractivity contribution >= 4 is 17.2 Å². The van der Waals surface area contributed by atoms with Crippen molar-refractivity contribution in [1.29, 1.82) is 0 Å². The summed E-state index contributed by atoms with van der Waals surface area (Å²) in [5, 5.41) is 0. The van der Waals surface area contributed by atoms with E-state index in [1.165, 1.54) is 11.1 Å². The van der Waals surface area contributed by atoms with Crippen molar-refractivity contribution in [2.45, 2.75) is 45.7 Å². The molecule has 1 aliphatic rings. The summed E-state index contributed by atoms with van der Waals surface area (Å²) in [6, 6.07) is 7.92. The second kappa shape index (κ2) is 5.29. The van der Waals surface area contributed by atoms with Gasteiger partial charge >= 0.3 is 0 Å². The molecule has 0 unspecified atom stereocenters. The van der Waals surface area contributed by atoms with Crippen LogP contribution < -0.4 is 16.2 Å². The minimum atomic E-state index is -0.277. The summed E-state index contributed by atoms with van der Waals surface area (Å²) in [4.78, 5) is 14.3. The summed E-state index contributed by atoms with van der Waals surface area (Å²) in [6.45, 7) is 8.36. The van der Waals surface area contributed by atoms with Crippen LogP contribution in [0.3, 0.4) is 0 Å². The SMILES string of the molecule is CC[C@H](C(=O)NN)N1c2ccccc2C(C)=CC1(C)C. The average Bonchev–Trinajstić information content (AvgIpc) is 2.42. The van der Waals surface area contributed by atoms with Gasteiger partial charge in [0.05, 0.1) is 5.54 Å². The number of amides is 1. The van der Waals surface area contributed by atoms with Crippen LogP contribution in [-0.2, 0) is 4.79 Å². The van der Waals surface area contributed by atoms with Crippen LogP contribution in [0.4, 0.5) is 5.69 Å². The average molecular weight is 273 g/mol. The van der Waals surface area contributed by atoms with Crippen molar-refractivity contribution in [3.8, 4) is 0 Å². The molecule has 1 atom stereocenters. The van der Waals surface area contributed by atoms with Crippen LogP contribution >= 0.6 is 0 Å². The Balaban J connectivity index is 2.58. The maximum Gasteiger partial charge on any atom is 0.256 e. The zero-order valence-corrected chi connectivity index (χ0v) is 12.6. The highest BCUT2D eigenvalue weighted by molar-refractivity contribution is 5.89. The highest BCUT2D eigenvalue weighted by atomic mass is 16.2. The van der Waals surface area contributed by atoms with Crippen molar-refractivity contribution in [3.05, 3.63) is 35.9 Å². The van der Waals surface area contributed by atoms with Gasteiger partial charge in [-0.25, -0.2) is 5.84 Å². The minimum Gasteiger partial charge on any atom is -0.350 e. The van der Waals surface area contributed by atoms with Gasteiger partial charge in [-0.05, 0) is 38.8 Å². The lowest BCUT2D eigenvalue weighted by Crippen LogP contribution is -2.57. The Hall–Kier alpha value is -1.81. The maximum atomic E-state index is 12.1. The molecule has 1 aromatic rings. The third kappa shape index (κ3) is 2.31.